The number of esters is 1. The molecule has 0 bridgehead atoms. The van der Waals surface area contributed by atoms with E-state index in [2.05, 4.69) is 10.1 Å². The number of rotatable bonds is 5. The fourth-order valence-electron chi connectivity index (χ4n) is 2.04. The minimum atomic E-state index is -0.672. The summed E-state index contributed by atoms with van der Waals surface area (Å²) in [6.07, 6.45) is 0. The predicted octanol–water partition coefficient (Wildman–Crippen LogP) is 2.81. The first-order valence-electron chi connectivity index (χ1n) is 7.09. The van der Waals surface area contributed by atoms with Crippen LogP contribution in [0.1, 0.15) is 16.2 Å². The number of para-hydroxylation sites is 1. The van der Waals surface area contributed by atoms with Gasteiger partial charge in [-0.1, -0.05) is 29.4 Å². The van der Waals surface area contributed by atoms with E-state index in [1.165, 1.54) is 12.1 Å². The van der Waals surface area contributed by atoms with Crippen LogP contribution in [0.5, 0.6) is 11.5 Å². The second-order valence-electron chi connectivity index (χ2n) is 4.84. The number of nitrogens with zero attached hydrogens (tertiary/aromatic N) is 2. The summed E-state index contributed by atoms with van der Waals surface area (Å²) in [6.45, 7) is -0.190. The summed E-state index contributed by atoms with van der Waals surface area (Å²) in [4.78, 5) is 16.1. The molecule has 0 aliphatic heterocycles. The summed E-state index contributed by atoms with van der Waals surface area (Å²) in [7, 11) is 1.57. The van der Waals surface area contributed by atoms with Crippen LogP contribution in [0.15, 0.2) is 53.1 Å². The van der Waals surface area contributed by atoms with Gasteiger partial charge in [-0.05, 0) is 24.3 Å². The molecule has 0 atom stereocenters. The Hall–Kier alpha value is -3.35. The molecule has 3 aromatic rings. The van der Waals surface area contributed by atoms with Crippen molar-refractivity contribution >= 4 is 5.97 Å². The van der Waals surface area contributed by atoms with Crippen molar-refractivity contribution in [1.29, 1.82) is 0 Å². The number of phenols is 1. The molecule has 0 saturated heterocycles. The van der Waals surface area contributed by atoms with Crippen LogP contribution in [-0.2, 0) is 11.3 Å². The summed E-state index contributed by atoms with van der Waals surface area (Å²) in [5, 5.41) is 13.5. The number of ether oxygens (including phenoxy) is 2. The number of hydrogen-bond acceptors (Lipinski definition) is 7. The number of methoxy groups -OCH3 is 1. The van der Waals surface area contributed by atoms with E-state index in [1.807, 2.05) is 12.1 Å². The van der Waals surface area contributed by atoms with Crippen molar-refractivity contribution in [1.82, 2.24) is 10.1 Å². The summed E-state index contributed by atoms with van der Waals surface area (Å²) < 4.78 is 15.3. The highest BCUT2D eigenvalue weighted by molar-refractivity contribution is 5.92. The molecule has 0 fully saturated rings. The minimum Gasteiger partial charge on any atom is -0.507 e. The van der Waals surface area contributed by atoms with Crippen LogP contribution in [0.3, 0.4) is 0 Å². The molecule has 0 radical (unpaired) electrons. The molecule has 2 aromatic carbocycles. The van der Waals surface area contributed by atoms with Gasteiger partial charge < -0.3 is 19.1 Å². The first kappa shape index (κ1) is 15.5. The molecule has 24 heavy (non-hydrogen) atoms. The number of carbonyl (C=O) groups is 1. The SMILES string of the molecule is COc1cccc(-c2noc(COC(=O)c3ccccc3O)n2)c1. The van der Waals surface area contributed by atoms with Crippen LogP contribution >= 0.6 is 0 Å². The van der Waals surface area contributed by atoms with Gasteiger partial charge in [-0.2, -0.15) is 4.98 Å². The molecule has 122 valence electrons. The van der Waals surface area contributed by atoms with E-state index in [1.54, 1.807) is 31.4 Å². The molecule has 0 amide bonds. The average Bonchev–Trinajstić information content (AvgIpc) is 3.09. The van der Waals surface area contributed by atoms with Crippen molar-refractivity contribution in [3.63, 3.8) is 0 Å². The van der Waals surface area contributed by atoms with E-state index >= 15 is 0 Å². The summed E-state index contributed by atoms with van der Waals surface area (Å²) >= 11 is 0. The summed E-state index contributed by atoms with van der Waals surface area (Å²) in [5.41, 5.74) is 0.793. The number of aromatic nitrogens is 2. The van der Waals surface area contributed by atoms with E-state index < -0.39 is 5.97 Å². The molecule has 0 saturated carbocycles. The lowest BCUT2D eigenvalue weighted by atomic mass is 10.2. The molecule has 0 unspecified atom stereocenters. The Morgan fingerprint density at radius 2 is 2.04 bits per heavy atom. The number of hydrogen-bond donors (Lipinski definition) is 1. The van der Waals surface area contributed by atoms with Gasteiger partial charge in [-0.15, -0.1) is 0 Å². The monoisotopic (exact) mass is 326 g/mol. The van der Waals surface area contributed by atoms with Crippen molar-refractivity contribution in [2.45, 2.75) is 6.61 Å². The summed E-state index contributed by atoms with van der Waals surface area (Å²) in [6, 6.07) is 13.3. The zero-order chi connectivity index (χ0) is 16.9. The third-order valence-electron chi connectivity index (χ3n) is 3.25. The lowest BCUT2D eigenvalue weighted by molar-refractivity contribution is 0.0426. The third kappa shape index (κ3) is 3.35. The van der Waals surface area contributed by atoms with E-state index in [0.717, 1.165) is 5.56 Å². The molecular weight excluding hydrogens is 312 g/mol. The standard InChI is InChI=1S/C17H14N2O5/c1-22-12-6-4-5-11(9-12)16-18-15(24-19-16)10-23-17(21)13-7-2-3-8-14(13)20/h2-9,20H,10H2,1H3. The first-order chi connectivity index (χ1) is 11.7. The maximum atomic E-state index is 11.9. The van der Waals surface area contributed by atoms with Gasteiger partial charge in [0.05, 0.1) is 7.11 Å². The van der Waals surface area contributed by atoms with Gasteiger partial charge in [0.2, 0.25) is 5.82 Å². The Labute approximate surface area is 137 Å². The smallest absolute Gasteiger partial charge is 0.342 e. The number of benzene rings is 2. The van der Waals surface area contributed by atoms with Gasteiger partial charge in [0.15, 0.2) is 6.61 Å². The van der Waals surface area contributed by atoms with Crippen molar-refractivity contribution in [3.8, 4) is 22.9 Å². The molecule has 0 aliphatic rings. The van der Waals surface area contributed by atoms with Crippen molar-refractivity contribution in [3.05, 3.63) is 60.0 Å². The highest BCUT2D eigenvalue weighted by Crippen LogP contribution is 2.22. The Kier molecular flexibility index (Phi) is 4.42. The zero-order valence-corrected chi connectivity index (χ0v) is 12.8. The highest BCUT2D eigenvalue weighted by Gasteiger charge is 2.15. The second-order valence-corrected chi connectivity index (χ2v) is 4.84. The van der Waals surface area contributed by atoms with Crippen LogP contribution in [0.4, 0.5) is 0 Å². The molecule has 7 heteroatoms. The van der Waals surface area contributed by atoms with Gasteiger partial charge in [0.1, 0.15) is 17.1 Å². The Morgan fingerprint density at radius 3 is 2.83 bits per heavy atom. The van der Waals surface area contributed by atoms with Crippen LogP contribution in [0, 0.1) is 0 Å². The van der Waals surface area contributed by atoms with Crippen molar-refractivity contribution in [2.24, 2.45) is 0 Å². The third-order valence-corrected chi connectivity index (χ3v) is 3.25. The molecule has 1 aromatic heterocycles. The van der Waals surface area contributed by atoms with E-state index in [0.29, 0.717) is 11.6 Å². The van der Waals surface area contributed by atoms with Gasteiger partial charge in [-0.3, -0.25) is 0 Å². The normalized spacial score (nSPS) is 10.4. The predicted molar refractivity (Wildman–Crippen MR) is 83.5 cm³/mol. The van der Waals surface area contributed by atoms with Gasteiger partial charge in [0, 0.05) is 5.56 Å². The number of aromatic hydroxyl groups is 1. The Morgan fingerprint density at radius 1 is 1.21 bits per heavy atom. The van der Waals surface area contributed by atoms with Crippen LogP contribution in [-0.4, -0.2) is 28.3 Å². The maximum absolute atomic E-state index is 11.9. The van der Waals surface area contributed by atoms with Gasteiger partial charge in [0.25, 0.3) is 5.89 Å². The molecule has 1 heterocycles. The largest absolute Gasteiger partial charge is 0.507 e. The van der Waals surface area contributed by atoms with Crippen molar-refractivity contribution in [2.75, 3.05) is 7.11 Å². The Balaban J connectivity index is 1.68. The molecule has 3 rings (SSSR count). The highest BCUT2D eigenvalue weighted by atomic mass is 16.6. The Bertz CT molecular complexity index is 859. The maximum Gasteiger partial charge on any atom is 0.342 e. The fraction of sp³-hybridized carbons (Fsp3) is 0.118. The topological polar surface area (TPSA) is 94.7 Å². The lowest BCUT2D eigenvalue weighted by Gasteiger charge is -2.03. The zero-order valence-electron chi connectivity index (χ0n) is 12.8. The van der Waals surface area contributed by atoms with Gasteiger partial charge >= 0.3 is 5.97 Å². The minimum absolute atomic E-state index is 0.0741. The van der Waals surface area contributed by atoms with Crippen LogP contribution < -0.4 is 4.74 Å². The number of phenolic OH excluding ortho intramolecular Hbond substituents is 1. The molecule has 0 spiro atoms. The van der Waals surface area contributed by atoms with Crippen LogP contribution in [0.2, 0.25) is 0 Å². The second kappa shape index (κ2) is 6.82. The first-order valence-corrected chi connectivity index (χ1v) is 7.09. The van der Waals surface area contributed by atoms with Crippen LogP contribution in [0.25, 0.3) is 11.4 Å². The fourth-order valence-corrected chi connectivity index (χ4v) is 2.04. The molecule has 7 nitrogen and oxygen atoms in total. The molecular formula is C17H14N2O5. The quantitative estimate of drug-likeness (QED) is 0.720. The summed E-state index contributed by atoms with van der Waals surface area (Å²) in [5.74, 6) is 0.364. The molecule has 1 N–H and O–H groups in total. The van der Waals surface area contributed by atoms with Gasteiger partial charge in [-0.25, -0.2) is 4.79 Å². The lowest BCUT2D eigenvalue weighted by Crippen LogP contribution is -2.05. The average molecular weight is 326 g/mol. The van der Waals surface area contributed by atoms with E-state index in [9.17, 15) is 9.90 Å². The van der Waals surface area contributed by atoms with E-state index in [4.69, 9.17) is 14.0 Å². The van der Waals surface area contributed by atoms with E-state index in [-0.39, 0.29) is 23.8 Å². The van der Waals surface area contributed by atoms with Crippen molar-refractivity contribution < 1.29 is 23.9 Å². The number of carbonyl (C=O) groups excluding carboxylic acids is 1. The molecule has 0 aliphatic carbocycles.